The van der Waals surface area contributed by atoms with Crippen LogP contribution in [0.1, 0.15) is 12.0 Å². The Bertz CT molecular complexity index is 565. The van der Waals surface area contributed by atoms with Crippen molar-refractivity contribution in [3.63, 3.8) is 0 Å². The van der Waals surface area contributed by atoms with Gasteiger partial charge in [-0.3, -0.25) is 4.99 Å². The van der Waals surface area contributed by atoms with Crippen LogP contribution in [-0.2, 0) is 6.54 Å². The highest BCUT2D eigenvalue weighted by Gasteiger charge is 2.31. The summed E-state index contributed by atoms with van der Waals surface area (Å²) in [6, 6.07) is 5.87. The highest BCUT2D eigenvalue weighted by Crippen LogP contribution is 2.32. The normalized spacial score (nSPS) is 22.6. The van der Waals surface area contributed by atoms with E-state index in [0.717, 1.165) is 35.0 Å². The number of fused-ring (bicyclic) bond motifs is 1. The van der Waals surface area contributed by atoms with Gasteiger partial charge in [0.05, 0.1) is 5.60 Å². The Kier molecular flexibility index (Phi) is 6.66. The van der Waals surface area contributed by atoms with Crippen LogP contribution in [0.4, 0.5) is 0 Å². The first-order valence-electron chi connectivity index (χ1n) is 7.32. The monoisotopic (exact) mass is 451 g/mol. The standard InChI is InChI=1S/C15H21N3O3S.HI/c1-16-14(18-8-15(19)4-5-22-9-15)17-7-11-2-3-12-13(6-11)21-10-20-12;/h2-3,6,19H,4-5,7-10H2,1H3,(H2,16,17,18);1H. The molecule has 1 aromatic rings. The number of halogens is 1. The number of ether oxygens (including phenoxy) is 2. The maximum atomic E-state index is 10.3. The molecule has 0 bridgehead atoms. The van der Waals surface area contributed by atoms with Crippen LogP contribution in [0.2, 0.25) is 0 Å². The molecule has 2 aliphatic heterocycles. The van der Waals surface area contributed by atoms with Gasteiger partial charge in [-0.25, -0.2) is 0 Å². The predicted molar refractivity (Wildman–Crippen MR) is 103 cm³/mol. The van der Waals surface area contributed by atoms with Crippen molar-refractivity contribution < 1.29 is 14.6 Å². The fraction of sp³-hybridized carbons (Fsp3) is 0.533. The van der Waals surface area contributed by atoms with Gasteiger partial charge < -0.3 is 25.2 Å². The van der Waals surface area contributed by atoms with E-state index in [9.17, 15) is 5.11 Å². The molecular weight excluding hydrogens is 429 g/mol. The number of aliphatic imine (C=N–C) groups is 1. The Labute approximate surface area is 157 Å². The van der Waals surface area contributed by atoms with Crippen LogP contribution in [0, 0.1) is 0 Å². The molecule has 128 valence electrons. The molecule has 6 nitrogen and oxygen atoms in total. The molecule has 1 fully saturated rings. The molecule has 1 aromatic carbocycles. The Morgan fingerprint density at radius 2 is 2.17 bits per heavy atom. The van der Waals surface area contributed by atoms with E-state index in [1.54, 1.807) is 18.8 Å². The number of aliphatic hydroxyl groups is 1. The average molecular weight is 451 g/mol. The topological polar surface area (TPSA) is 75.1 Å². The van der Waals surface area contributed by atoms with Crippen molar-refractivity contribution in [2.75, 3.05) is 31.9 Å². The summed E-state index contributed by atoms with van der Waals surface area (Å²) in [6.07, 6.45) is 0.823. The predicted octanol–water partition coefficient (Wildman–Crippen LogP) is 1.57. The third-order valence-corrected chi connectivity index (χ3v) is 5.02. The molecule has 0 aromatic heterocycles. The summed E-state index contributed by atoms with van der Waals surface area (Å²) >= 11 is 1.79. The summed E-state index contributed by atoms with van der Waals surface area (Å²) in [7, 11) is 1.72. The number of hydrogen-bond acceptors (Lipinski definition) is 5. The second kappa shape index (κ2) is 8.29. The van der Waals surface area contributed by atoms with Crippen LogP contribution in [0.5, 0.6) is 11.5 Å². The Morgan fingerprint density at radius 1 is 1.35 bits per heavy atom. The first-order chi connectivity index (χ1) is 10.7. The van der Waals surface area contributed by atoms with Gasteiger partial charge in [-0.15, -0.1) is 24.0 Å². The van der Waals surface area contributed by atoms with Crippen molar-refractivity contribution in [3.05, 3.63) is 23.8 Å². The highest BCUT2D eigenvalue weighted by molar-refractivity contribution is 14.0. The first kappa shape index (κ1) is 18.5. The third kappa shape index (κ3) is 4.80. The Morgan fingerprint density at radius 3 is 2.91 bits per heavy atom. The van der Waals surface area contributed by atoms with E-state index in [1.807, 2.05) is 18.2 Å². The molecule has 8 heteroatoms. The van der Waals surface area contributed by atoms with Gasteiger partial charge in [0, 0.05) is 25.9 Å². The van der Waals surface area contributed by atoms with Crippen molar-refractivity contribution >= 4 is 41.7 Å². The largest absolute Gasteiger partial charge is 0.454 e. The number of benzene rings is 1. The minimum Gasteiger partial charge on any atom is -0.454 e. The average Bonchev–Trinajstić information content (AvgIpc) is 3.16. The Hall–Kier alpha value is -0.870. The van der Waals surface area contributed by atoms with E-state index in [-0.39, 0.29) is 30.8 Å². The summed E-state index contributed by atoms with van der Waals surface area (Å²) in [6.45, 7) is 1.43. The van der Waals surface area contributed by atoms with Gasteiger partial charge in [-0.05, 0) is 29.9 Å². The second-order valence-electron chi connectivity index (χ2n) is 5.49. The zero-order chi connectivity index (χ0) is 15.4. The lowest BCUT2D eigenvalue weighted by atomic mass is 10.0. The van der Waals surface area contributed by atoms with E-state index >= 15 is 0 Å². The minimum absolute atomic E-state index is 0. The first-order valence-corrected chi connectivity index (χ1v) is 8.47. The van der Waals surface area contributed by atoms with E-state index in [0.29, 0.717) is 19.0 Å². The summed E-state index contributed by atoms with van der Waals surface area (Å²) in [4.78, 5) is 4.19. The molecule has 2 aliphatic rings. The molecule has 3 rings (SSSR count). The van der Waals surface area contributed by atoms with Gasteiger partial charge in [0.2, 0.25) is 6.79 Å². The fourth-order valence-electron chi connectivity index (χ4n) is 2.44. The SMILES string of the molecule is CN=C(NCc1ccc2c(c1)OCO2)NCC1(O)CCSC1.I. The summed E-state index contributed by atoms with van der Waals surface area (Å²) in [5.74, 6) is 4.04. The third-order valence-electron chi connectivity index (χ3n) is 3.79. The smallest absolute Gasteiger partial charge is 0.231 e. The maximum Gasteiger partial charge on any atom is 0.231 e. The van der Waals surface area contributed by atoms with Crippen LogP contribution < -0.4 is 20.1 Å². The van der Waals surface area contributed by atoms with E-state index in [1.165, 1.54) is 0 Å². The van der Waals surface area contributed by atoms with Gasteiger partial charge in [-0.2, -0.15) is 11.8 Å². The molecule has 0 amide bonds. The second-order valence-corrected chi connectivity index (χ2v) is 6.60. The molecule has 0 spiro atoms. The van der Waals surface area contributed by atoms with Crippen molar-refractivity contribution in [1.29, 1.82) is 0 Å². The van der Waals surface area contributed by atoms with Gasteiger partial charge in [0.25, 0.3) is 0 Å². The molecule has 23 heavy (non-hydrogen) atoms. The summed E-state index contributed by atoms with van der Waals surface area (Å²) in [5.41, 5.74) is 0.462. The van der Waals surface area contributed by atoms with Gasteiger partial charge >= 0.3 is 0 Å². The molecule has 3 N–H and O–H groups in total. The van der Waals surface area contributed by atoms with E-state index in [4.69, 9.17) is 9.47 Å². The molecule has 0 aliphatic carbocycles. The molecule has 1 saturated heterocycles. The van der Waals surface area contributed by atoms with Crippen LogP contribution in [0.25, 0.3) is 0 Å². The quantitative estimate of drug-likeness (QED) is 0.367. The molecule has 0 radical (unpaired) electrons. The number of hydrogen-bond donors (Lipinski definition) is 3. The fourth-order valence-corrected chi connectivity index (χ4v) is 3.74. The van der Waals surface area contributed by atoms with E-state index < -0.39 is 5.60 Å². The summed E-state index contributed by atoms with van der Waals surface area (Å²) in [5, 5.41) is 16.8. The van der Waals surface area contributed by atoms with Gasteiger partial charge in [0.15, 0.2) is 17.5 Å². The zero-order valence-electron chi connectivity index (χ0n) is 13.0. The lowest BCUT2D eigenvalue weighted by molar-refractivity contribution is 0.0724. The van der Waals surface area contributed by atoms with Crippen LogP contribution in [0.3, 0.4) is 0 Å². The lowest BCUT2D eigenvalue weighted by Crippen LogP contribution is -2.47. The highest BCUT2D eigenvalue weighted by atomic mass is 127. The number of nitrogens with one attached hydrogen (secondary N) is 2. The lowest BCUT2D eigenvalue weighted by Gasteiger charge is -2.23. The zero-order valence-corrected chi connectivity index (χ0v) is 16.1. The number of nitrogens with zero attached hydrogens (tertiary/aromatic N) is 1. The molecule has 2 heterocycles. The number of thioether (sulfide) groups is 1. The molecule has 0 saturated carbocycles. The van der Waals surface area contributed by atoms with Crippen LogP contribution in [-0.4, -0.2) is 48.6 Å². The molecular formula is C15H22IN3O3S. The van der Waals surface area contributed by atoms with Gasteiger partial charge in [-0.1, -0.05) is 6.07 Å². The van der Waals surface area contributed by atoms with Crippen molar-refractivity contribution in [2.24, 2.45) is 4.99 Å². The Balaban J connectivity index is 0.00000192. The molecule has 1 unspecified atom stereocenters. The summed E-state index contributed by atoms with van der Waals surface area (Å²) < 4.78 is 10.7. The minimum atomic E-state index is -0.624. The van der Waals surface area contributed by atoms with Crippen LogP contribution in [0.15, 0.2) is 23.2 Å². The van der Waals surface area contributed by atoms with Crippen molar-refractivity contribution in [1.82, 2.24) is 10.6 Å². The maximum absolute atomic E-state index is 10.3. The van der Waals surface area contributed by atoms with Crippen LogP contribution >= 0.6 is 35.7 Å². The van der Waals surface area contributed by atoms with Gasteiger partial charge in [0.1, 0.15) is 0 Å². The van der Waals surface area contributed by atoms with E-state index in [2.05, 4.69) is 15.6 Å². The number of guanidine groups is 1. The molecule has 1 atom stereocenters. The van der Waals surface area contributed by atoms with Crippen molar-refractivity contribution in [3.8, 4) is 11.5 Å². The number of rotatable bonds is 4. The van der Waals surface area contributed by atoms with Crippen molar-refractivity contribution in [2.45, 2.75) is 18.6 Å².